The second-order valence-electron chi connectivity index (χ2n) is 5.97. The summed E-state index contributed by atoms with van der Waals surface area (Å²) in [5.74, 6) is -2.79. The Hall–Kier alpha value is -3.81. The van der Waals surface area contributed by atoms with E-state index in [1.165, 1.54) is 24.5 Å². The van der Waals surface area contributed by atoms with Crippen LogP contribution in [-0.4, -0.2) is 23.5 Å². The fraction of sp³-hybridized carbons (Fsp3) is 0.0952. The van der Waals surface area contributed by atoms with Crippen molar-refractivity contribution < 1.29 is 23.1 Å². The maximum atomic E-state index is 13.3. The molecule has 0 aliphatic rings. The van der Waals surface area contributed by atoms with Crippen LogP contribution >= 0.6 is 0 Å². The predicted octanol–water partition coefficient (Wildman–Crippen LogP) is 4.53. The van der Waals surface area contributed by atoms with Gasteiger partial charge in [0.1, 0.15) is 0 Å². The second kappa shape index (κ2) is 8.92. The molecule has 0 fully saturated rings. The summed E-state index contributed by atoms with van der Waals surface area (Å²) in [5.41, 5.74) is 1.87. The number of hydrogen-bond donors (Lipinski definition) is 2. The smallest absolute Gasteiger partial charge is 0.338 e. The highest BCUT2D eigenvalue weighted by atomic mass is 19.2. The van der Waals surface area contributed by atoms with Crippen LogP contribution in [0.25, 0.3) is 0 Å². The minimum Gasteiger partial charge on any atom is -0.462 e. The molecular formula is C21H17F2N3O3. The molecule has 6 nitrogen and oxygen atoms in total. The van der Waals surface area contributed by atoms with Crippen molar-refractivity contribution in [2.24, 2.45) is 0 Å². The van der Waals surface area contributed by atoms with Gasteiger partial charge in [-0.1, -0.05) is 0 Å². The van der Waals surface area contributed by atoms with Crippen LogP contribution in [0.1, 0.15) is 27.6 Å². The van der Waals surface area contributed by atoms with Gasteiger partial charge in [-0.2, -0.15) is 0 Å². The van der Waals surface area contributed by atoms with E-state index in [2.05, 4.69) is 15.6 Å². The minimum absolute atomic E-state index is 0.257. The lowest BCUT2D eigenvalue weighted by Crippen LogP contribution is -2.13. The molecule has 148 valence electrons. The average molecular weight is 397 g/mol. The Morgan fingerprint density at radius 1 is 0.897 bits per heavy atom. The van der Waals surface area contributed by atoms with Gasteiger partial charge in [-0.05, 0) is 49.4 Å². The van der Waals surface area contributed by atoms with Crippen LogP contribution in [0.15, 0.2) is 60.9 Å². The highest BCUT2D eigenvalue weighted by Crippen LogP contribution is 2.20. The maximum absolute atomic E-state index is 13.3. The van der Waals surface area contributed by atoms with Gasteiger partial charge in [0, 0.05) is 23.6 Å². The highest BCUT2D eigenvalue weighted by Gasteiger charge is 2.10. The Bertz CT molecular complexity index is 1040. The number of aromatic nitrogens is 1. The minimum atomic E-state index is -0.983. The van der Waals surface area contributed by atoms with Crippen LogP contribution in [0.2, 0.25) is 0 Å². The number of nitrogens with one attached hydrogen (secondary N) is 2. The number of carbonyl (C=O) groups is 2. The monoisotopic (exact) mass is 397 g/mol. The Balaban J connectivity index is 1.69. The number of carbonyl (C=O) groups excluding carboxylic acids is 2. The first-order valence-corrected chi connectivity index (χ1v) is 8.72. The van der Waals surface area contributed by atoms with Crippen LogP contribution in [0.4, 0.5) is 25.8 Å². The zero-order valence-electron chi connectivity index (χ0n) is 15.4. The molecule has 3 rings (SSSR count). The standard InChI is InChI=1S/C21H17F2N3O3/c1-2-29-21(28)13-3-5-15(6-4-13)26-20(27)14-9-17(12-24-11-14)25-16-7-8-18(22)19(23)10-16/h3-12,25H,2H2,1H3,(H,26,27). The summed E-state index contributed by atoms with van der Waals surface area (Å²) in [4.78, 5) is 28.1. The van der Waals surface area contributed by atoms with Gasteiger partial charge in [-0.15, -0.1) is 0 Å². The third-order valence-corrected chi connectivity index (χ3v) is 3.86. The highest BCUT2D eigenvalue weighted by molar-refractivity contribution is 6.04. The van der Waals surface area contributed by atoms with E-state index < -0.39 is 23.5 Å². The molecule has 8 heteroatoms. The molecule has 0 unspecified atom stereocenters. The third kappa shape index (κ3) is 5.13. The summed E-state index contributed by atoms with van der Waals surface area (Å²) < 4.78 is 31.3. The van der Waals surface area contributed by atoms with Crippen molar-refractivity contribution >= 4 is 28.9 Å². The number of halogens is 2. The van der Waals surface area contributed by atoms with E-state index >= 15 is 0 Å². The van der Waals surface area contributed by atoms with Crippen LogP contribution < -0.4 is 10.6 Å². The molecule has 0 aliphatic heterocycles. The topological polar surface area (TPSA) is 80.3 Å². The van der Waals surface area contributed by atoms with Crippen molar-refractivity contribution in [1.82, 2.24) is 4.98 Å². The molecule has 0 saturated carbocycles. The van der Waals surface area contributed by atoms with E-state index in [0.717, 1.165) is 12.1 Å². The van der Waals surface area contributed by atoms with Gasteiger partial charge in [0.2, 0.25) is 0 Å². The quantitative estimate of drug-likeness (QED) is 0.598. The molecule has 2 aromatic carbocycles. The van der Waals surface area contributed by atoms with Gasteiger partial charge in [-0.3, -0.25) is 9.78 Å². The Kier molecular flexibility index (Phi) is 6.13. The number of ether oxygens (including phenoxy) is 1. The molecule has 1 aromatic heterocycles. The molecule has 0 aliphatic carbocycles. The zero-order chi connectivity index (χ0) is 20.8. The lowest BCUT2D eigenvalue weighted by molar-refractivity contribution is 0.0526. The first-order valence-electron chi connectivity index (χ1n) is 8.72. The summed E-state index contributed by atoms with van der Waals surface area (Å²) >= 11 is 0. The third-order valence-electron chi connectivity index (χ3n) is 3.86. The lowest BCUT2D eigenvalue weighted by atomic mass is 10.2. The first-order chi connectivity index (χ1) is 14.0. The van der Waals surface area contributed by atoms with Crippen molar-refractivity contribution in [2.75, 3.05) is 17.2 Å². The summed E-state index contributed by atoms with van der Waals surface area (Å²) in [7, 11) is 0. The molecule has 1 heterocycles. The Morgan fingerprint density at radius 2 is 1.62 bits per heavy atom. The van der Waals surface area contributed by atoms with Gasteiger partial charge >= 0.3 is 5.97 Å². The number of benzene rings is 2. The van der Waals surface area contributed by atoms with Crippen molar-refractivity contribution in [1.29, 1.82) is 0 Å². The predicted molar refractivity (Wildman–Crippen MR) is 104 cm³/mol. The fourth-order valence-corrected chi connectivity index (χ4v) is 2.48. The van der Waals surface area contributed by atoms with Crippen LogP contribution in [0.3, 0.4) is 0 Å². The Morgan fingerprint density at radius 3 is 2.31 bits per heavy atom. The van der Waals surface area contributed by atoms with Gasteiger partial charge in [0.25, 0.3) is 5.91 Å². The van der Waals surface area contributed by atoms with E-state index in [1.807, 2.05) is 0 Å². The molecular weight excluding hydrogens is 380 g/mol. The molecule has 3 aromatic rings. The van der Waals surface area contributed by atoms with Crippen LogP contribution in [-0.2, 0) is 4.74 Å². The second-order valence-corrected chi connectivity index (χ2v) is 5.97. The summed E-state index contributed by atoms with van der Waals surface area (Å²) in [6.07, 6.45) is 2.82. The van der Waals surface area contributed by atoms with Gasteiger partial charge in [-0.25, -0.2) is 13.6 Å². The zero-order valence-corrected chi connectivity index (χ0v) is 15.4. The number of amides is 1. The first kappa shape index (κ1) is 19.9. The van der Waals surface area contributed by atoms with E-state index in [0.29, 0.717) is 22.6 Å². The van der Waals surface area contributed by atoms with Crippen LogP contribution in [0, 0.1) is 11.6 Å². The molecule has 1 amide bonds. The largest absolute Gasteiger partial charge is 0.462 e. The van der Waals surface area contributed by atoms with Crippen molar-refractivity contribution in [3.8, 4) is 0 Å². The molecule has 0 saturated heterocycles. The normalized spacial score (nSPS) is 10.3. The average Bonchev–Trinajstić information content (AvgIpc) is 2.72. The molecule has 0 atom stereocenters. The fourth-order valence-electron chi connectivity index (χ4n) is 2.48. The van der Waals surface area contributed by atoms with E-state index in [-0.39, 0.29) is 12.2 Å². The summed E-state index contributed by atoms with van der Waals surface area (Å²) in [6, 6.07) is 11.2. The summed E-state index contributed by atoms with van der Waals surface area (Å²) in [6.45, 7) is 2.00. The van der Waals surface area contributed by atoms with Crippen molar-refractivity contribution in [3.05, 3.63) is 83.7 Å². The van der Waals surface area contributed by atoms with E-state index in [9.17, 15) is 18.4 Å². The number of hydrogen-bond acceptors (Lipinski definition) is 5. The molecule has 0 spiro atoms. The van der Waals surface area contributed by atoms with Gasteiger partial charge in [0.15, 0.2) is 11.6 Å². The number of esters is 1. The van der Waals surface area contributed by atoms with Gasteiger partial charge in [0.05, 0.1) is 29.6 Å². The van der Waals surface area contributed by atoms with E-state index in [1.54, 1.807) is 31.2 Å². The number of nitrogens with zero attached hydrogens (tertiary/aromatic N) is 1. The summed E-state index contributed by atoms with van der Waals surface area (Å²) in [5, 5.41) is 5.56. The lowest BCUT2D eigenvalue weighted by Gasteiger charge is -2.09. The van der Waals surface area contributed by atoms with Crippen molar-refractivity contribution in [3.63, 3.8) is 0 Å². The Labute approximate surface area is 165 Å². The van der Waals surface area contributed by atoms with E-state index in [4.69, 9.17) is 4.74 Å². The number of pyridine rings is 1. The van der Waals surface area contributed by atoms with Crippen LogP contribution in [0.5, 0.6) is 0 Å². The number of rotatable bonds is 6. The van der Waals surface area contributed by atoms with Crippen molar-refractivity contribution in [2.45, 2.75) is 6.92 Å². The molecule has 0 radical (unpaired) electrons. The number of anilines is 3. The molecule has 0 bridgehead atoms. The molecule has 29 heavy (non-hydrogen) atoms. The SMILES string of the molecule is CCOC(=O)c1ccc(NC(=O)c2cncc(Nc3ccc(F)c(F)c3)c2)cc1. The maximum Gasteiger partial charge on any atom is 0.338 e. The molecule has 2 N–H and O–H groups in total. The van der Waals surface area contributed by atoms with Gasteiger partial charge < -0.3 is 15.4 Å².